The van der Waals surface area contributed by atoms with Gasteiger partial charge in [0.2, 0.25) is 5.91 Å². The highest BCUT2D eigenvalue weighted by Crippen LogP contribution is 2.36. The van der Waals surface area contributed by atoms with Crippen LogP contribution in [0.15, 0.2) is 36.8 Å². The van der Waals surface area contributed by atoms with Gasteiger partial charge in [-0.3, -0.25) is 14.6 Å². The lowest BCUT2D eigenvalue weighted by Gasteiger charge is -2.32. The molecule has 0 bridgehead atoms. The van der Waals surface area contributed by atoms with Gasteiger partial charge in [0.1, 0.15) is 11.5 Å². The summed E-state index contributed by atoms with van der Waals surface area (Å²) in [5.41, 5.74) is 3.10. The fourth-order valence-corrected chi connectivity index (χ4v) is 4.67. The van der Waals surface area contributed by atoms with Crippen LogP contribution in [0.2, 0.25) is 10.0 Å². The SMILES string of the molecule is CC1CN(C(=O)c2c(Cl)cncc2Cl)CC=C1c1cc(NC(=O)C2CC2)nc2[nH]ccc12. The molecule has 1 atom stereocenters. The summed E-state index contributed by atoms with van der Waals surface area (Å²) in [5, 5.41) is 4.40. The molecule has 0 spiro atoms. The Morgan fingerprint density at radius 3 is 2.66 bits per heavy atom. The number of aromatic nitrogens is 3. The molecule has 3 aromatic rings. The molecular weight excluding hydrogens is 449 g/mol. The van der Waals surface area contributed by atoms with E-state index in [-0.39, 0.29) is 39.3 Å². The molecule has 1 fully saturated rings. The standard InChI is InChI=1S/C23H21Cl2N5O2/c1-12-11-30(23(32)20-17(24)9-26-10-18(20)25)7-5-14(12)16-8-19(29-22(31)13-2-3-13)28-21-15(16)4-6-27-21/h4-6,8-10,12-13H,2-3,7,11H2,1H3,(H2,27,28,29,31). The Labute approximate surface area is 194 Å². The predicted octanol–water partition coefficient (Wildman–Crippen LogP) is 4.79. The van der Waals surface area contributed by atoms with E-state index in [1.54, 1.807) is 4.90 Å². The summed E-state index contributed by atoms with van der Waals surface area (Å²) >= 11 is 12.4. The number of hydrogen-bond acceptors (Lipinski definition) is 4. The minimum Gasteiger partial charge on any atom is -0.346 e. The Balaban J connectivity index is 1.45. The molecule has 9 heteroatoms. The normalized spacial score (nSPS) is 18.5. The van der Waals surface area contributed by atoms with Gasteiger partial charge in [-0.1, -0.05) is 36.2 Å². The quantitative estimate of drug-likeness (QED) is 0.574. The maximum atomic E-state index is 13.1. The van der Waals surface area contributed by atoms with E-state index in [4.69, 9.17) is 23.2 Å². The lowest BCUT2D eigenvalue weighted by molar-refractivity contribution is -0.117. The van der Waals surface area contributed by atoms with E-state index in [1.807, 2.05) is 24.4 Å². The van der Waals surface area contributed by atoms with E-state index in [9.17, 15) is 9.59 Å². The van der Waals surface area contributed by atoms with E-state index in [2.05, 4.69) is 27.2 Å². The van der Waals surface area contributed by atoms with Gasteiger partial charge in [0, 0.05) is 43.0 Å². The molecule has 1 aliphatic carbocycles. The van der Waals surface area contributed by atoms with Gasteiger partial charge < -0.3 is 15.2 Å². The number of H-pyrrole nitrogens is 1. The molecule has 1 saturated carbocycles. The van der Waals surface area contributed by atoms with E-state index >= 15 is 0 Å². The van der Waals surface area contributed by atoms with Gasteiger partial charge in [-0.05, 0) is 42.0 Å². The molecule has 32 heavy (non-hydrogen) atoms. The number of pyridine rings is 2. The number of hydrogen-bond donors (Lipinski definition) is 2. The Kier molecular flexibility index (Phi) is 5.39. The van der Waals surface area contributed by atoms with Crippen LogP contribution >= 0.6 is 23.2 Å². The van der Waals surface area contributed by atoms with Crippen molar-refractivity contribution in [2.45, 2.75) is 19.8 Å². The van der Waals surface area contributed by atoms with Crippen LogP contribution in [0, 0.1) is 11.8 Å². The first-order valence-corrected chi connectivity index (χ1v) is 11.3. The van der Waals surface area contributed by atoms with Gasteiger partial charge in [-0.25, -0.2) is 4.98 Å². The van der Waals surface area contributed by atoms with Crippen LogP contribution in [0.4, 0.5) is 5.82 Å². The van der Waals surface area contributed by atoms with Crippen LogP contribution in [-0.4, -0.2) is 44.8 Å². The summed E-state index contributed by atoms with van der Waals surface area (Å²) in [4.78, 5) is 38.7. The molecule has 0 radical (unpaired) electrons. The van der Waals surface area contributed by atoms with Crippen molar-refractivity contribution in [3.05, 3.63) is 58.0 Å². The Bertz CT molecular complexity index is 1240. The summed E-state index contributed by atoms with van der Waals surface area (Å²) in [6.07, 6.45) is 8.59. The summed E-state index contributed by atoms with van der Waals surface area (Å²) in [7, 11) is 0. The van der Waals surface area contributed by atoms with Crippen LogP contribution in [-0.2, 0) is 4.79 Å². The second-order valence-electron chi connectivity index (χ2n) is 8.31. The van der Waals surface area contributed by atoms with Crippen molar-refractivity contribution in [2.24, 2.45) is 11.8 Å². The van der Waals surface area contributed by atoms with Gasteiger partial charge in [0.15, 0.2) is 0 Å². The molecule has 0 aromatic carbocycles. The van der Waals surface area contributed by atoms with Crippen molar-refractivity contribution in [1.29, 1.82) is 0 Å². The molecule has 2 N–H and O–H groups in total. The Morgan fingerprint density at radius 2 is 1.97 bits per heavy atom. The van der Waals surface area contributed by atoms with Crippen molar-refractivity contribution in [1.82, 2.24) is 19.9 Å². The maximum Gasteiger partial charge on any atom is 0.257 e. The van der Waals surface area contributed by atoms with Gasteiger partial charge in [-0.15, -0.1) is 0 Å². The summed E-state index contributed by atoms with van der Waals surface area (Å²) in [5.74, 6) is 0.485. The molecule has 7 nitrogen and oxygen atoms in total. The van der Waals surface area contributed by atoms with Crippen molar-refractivity contribution in [2.75, 3.05) is 18.4 Å². The number of aromatic amines is 1. The maximum absolute atomic E-state index is 13.1. The van der Waals surface area contributed by atoms with E-state index in [0.717, 1.165) is 35.0 Å². The number of nitrogens with zero attached hydrogens (tertiary/aromatic N) is 3. The number of nitrogens with one attached hydrogen (secondary N) is 2. The zero-order valence-corrected chi connectivity index (χ0v) is 18.9. The zero-order valence-electron chi connectivity index (χ0n) is 17.4. The van der Waals surface area contributed by atoms with Crippen molar-refractivity contribution >= 4 is 57.4 Å². The van der Waals surface area contributed by atoms with Crippen molar-refractivity contribution < 1.29 is 9.59 Å². The third kappa shape index (κ3) is 3.87. The number of amides is 2. The first-order valence-electron chi connectivity index (χ1n) is 10.5. The highest BCUT2D eigenvalue weighted by Gasteiger charge is 2.31. The van der Waals surface area contributed by atoms with Crippen molar-refractivity contribution in [3.8, 4) is 0 Å². The molecule has 5 rings (SSSR count). The molecular formula is C23H21Cl2N5O2. The fraction of sp³-hybridized carbons (Fsp3) is 0.304. The average Bonchev–Trinajstić information content (AvgIpc) is 3.51. The van der Waals surface area contributed by atoms with E-state index in [1.165, 1.54) is 12.4 Å². The second-order valence-corrected chi connectivity index (χ2v) is 9.12. The predicted molar refractivity (Wildman–Crippen MR) is 125 cm³/mol. The van der Waals surface area contributed by atoms with Crippen molar-refractivity contribution in [3.63, 3.8) is 0 Å². The highest BCUT2D eigenvalue weighted by atomic mass is 35.5. The van der Waals surface area contributed by atoms with Crippen LogP contribution in [0.25, 0.3) is 16.6 Å². The molecule has 0 saturated heterocycles. The monoisotopic (exact) mass is 469 g/mol. The van der Waals surface area contributed by atoms with Crippen LogP contribution < -0.4 is 5.32 Å². The smallest absolute Gasteiger partial charge is 0.257 e. The molecule has 3 aromatic heterocycles. The van der Waals surface area contributed by atoms with Gasteiger partial charge in [0.05, 0.1) is 15.6 Å². The number of anilines is 1. The number of halogens is 2. The zero-order chi connectivity index (χ0) is 22.4. The number of carbonyl (C=O) groups excluding carboxylic acids is 2. The molecule has 164 valence electrons. The number of rotatable bonds is 4. The number of fused-ring (bicyclic) bond motifs is 1. The largest absolute Gasteiger partial charge is 0.346 e. The summed E-state index contributed by atoms with van der Waals surface area (Å²) in [6, 6.07) is 3.90. The molecule has 2 aliphatic rings. The number of carbonyl (C=O) groups is 2. The minimum absolute atomic E-state index is 0.0166. The van der Waals surface area contributed by atoms with E-state index < -0.39 is 0 Å². The molecule has 1 unspecified atom stereocenters. The topological polar surface area (TPSA) is 91.0 Å². The fourth-order valence-electron chi connectivity index (χ4n) is 4.14. The highest BCUT2D eigenvalue weighted by molar-refractivity contribution is 6.39. The molecule has 4 heterocycles. The van der Waals surface area contributed by atoms with Crippen LogP contribution in [0.1, 0.15) is 35.7 Å². The minimum atomic E-state index is -0.219. The summed E-state index contributed by atoms with van der Waals surface area (Å²) < 4.78 is 0. The molecule has 2 amide bonds. The van der Waals surface area contributed by atoms with Crippen LogP contribution in [0.3, 0.4) is 0 Å². The lowest BCUT2D eigenvalue weighted by atomic mass is 9.89. The molecule has 1 aliphatic heterocycles. The van der Waals surface area contributed by atoms with Gasteiger partial charge in [-0.2, -0.15) is 0 Å². The third-order valence-electron chi connectivity index (χ3n) is 5.95. The third-order valence-corrected chi connectivity index (χ3v) is 6.52. The Morgan fingerprint density at radius 1 is 1.22 bits per heavy atom. The van der Waals surface area contributed by atoms with Gasteiger partial charge in [0.25, 0.3) is 5.91 Å². The lowest BCUT2D eigenvalue weighted by Crippen LogP contribution is -2.38. The first-order chi connectivity index (χ1) is 15.4. The first kappa shape index (κ1) is 21.0. The van der Waals surface area contributed by atoms with Crippen LogP contribution in [0.5, 0.6) is 0 Å². The van der Waals surface area contributed by atoms with E-state index in [0.29, 0.717) is 18.9 Å². The Hall–Kier alpha value is -2.90. The summed E-state index contributed by atoms with van der Waals surface area (Å²) in [6.45, 7) is 3.01. The average molecular weight is 470 g/mol. The second kappa shape index (κ2) is 8.22. The van der Waals surface area contributed by atoms with Gasteiger partial charge >= 0.3 is 0 Å².